The number of anilines is 1. The highest BCUT2D eigenvalue weighted by Crippen LogP contribution is 2.34. The van der Waals surface area contributed by atoms with Gasteiger partial charge in [-0.15, -0.1) is 0 Å². The summed E-state index contributed by atoms with van der Waals surface area (Å²) in [4.78, 5) is 4.36. The minimum absolute atomic E-state index is 0.572. The maximum absolute atomic E-state index is 10.6. The van der Waals surface area contributed by atoms with E-state index >= 15 is 0 Å². The van der Waals surface area contributed by atoms with Gasteiger partial charge in [-0.2, -0.15) is 0 Å². The molecule has 1 aromatic rings. The molecule has 2 N–H and O–H groups in total. The number of aromatic nitrogens is 1. The van der Waals surface area contributed by atoms with Gasteiger partial charge in [0.15, 0.2) is 0 Å². The van der Waals surface area contributed by atoms with Crippen molar-refractivity contribution in [3.05, 3.63) is 22.3 Å². The first-order chi connectivity index (χ1) is 9.02. The molecule has 1 aliphatic carbocycles. The van der Waals surface area contributed by atoms with Crippen LogP contribution in [0.15, 0.2) is 16.7 Å². The van der Waals surface area contributed by atoms with Gasteiger partial charge in [-0.3, -0.25) is 0 Å². The lowest BCUT2D eigenvalue weighted by Crippen LogP contribution is -2.40. The maximum atomic E-state index is 10.6. The summed E-state index contributed by atoms with van der Waals surface area (Å²) in [7, 11) is 0. The van der Waals surface area contributed by atoms with Crippen molar-refractivity contribution in [2.24, 2.45) is 5.92 Å². The van der Waals surface area contributed by atoms with Crippen LogP contribution in [0.2, 0.25) is 0 Å². The molecule has 1 fully saturated rings. The van der Waals surface area contributed by atoms with Crippen LogP contribution in [-0.2, 0) is 0 Å². The Labute approximate surface area is 124 Å². The summed E-state index contributed by atoms with van der Waals surface area (Å²) in [6, 6.07) is 2.04. The molecule has 0 aromatic carbocycles. The van der Waals surface area contributed by atoms with Gasteiger partial charge in [0.1, 0.15) is 5.82 Å². The van der Waals surface area contributed by atoms with Gasteiger partial charge in [0.25, 0.3) is 0 Å². The minimum atomic E-state index is -0.572. The van der Waals surface area contributed by atoms with Gasteiger partial charge in [0, 0.05) is 12.7 Å². The van der Waals surface area contributed by atoms with Crippen molar-refractivity contribution in [1.29, 1.82) is 0 Å². The molecular weight excluding hydrogens is 304 g/mol. The highest BCUT2D eigenvalue weighted by molar-refractivity contribution is 9.10. The Morgan fingerprint density at radius 3 is 2.74 bits per heavy atom. The number of nitrogens with one attached hydrogen (secondary N) is 1. The molecule has 2 rings (SSSR count). The van der Waals surface area contributed by atoms with Gasteiger partial charge in [0.2, 0.25) is 0 Å². The van der Waals surface area contributed by atoms with Crippen LogP contribution in [0.5, 0.6) is 0 Å². The van der Waals surface area contributed by atoms with Crippen molar-refractivity contribution in [3.8, 4) is 0 Å². The second-order valence-corrected chi connectivity index (χ2v) is 6.63. The van der Waals surface area contributed by atoms with Crippen molar-refractivity contribution < 1.29 is 5.11 Å². The van der Waals surface area contributed by atoms with E-state index in [-0.39, 0.29) is 0 Å². The lowest BCUT2D eigenvalue weighted by molar-refractivity contribution is 0.00222. The van der Waals surface area contributed by atoms with Crippen molar-refractivity contribution in [3.63, 3.8) is 0 Å². The van der Waals surface area contributed by atoms with Crippen LogP contribution in [0.3, 0.4) is 0 Å². The lowest BCUT2D eigenvalue weighted by atomic mass is 9.78. The zero-order chi connectivity index (χ0) is 13.9. The molecule has 1 aliphatic rings. The van der Waals surface area contributed by atoms with E-state index in [1.807, 2.05) is 19.2 Å². The number of nitrogens with zero attached hydrogens (tertiary/aromatic N) is 1. The van der Waals surface area contributed by atoms with Crippen LogP contribution in [0.1, 0.15) is 44.6 Å². The second-order valence-electron chi connectivity index (χ2n) is 5.77. The molecule has 4 heteroatoms. The first kappa shape index (κ1) is 14.8. The van der Waals surface area contributed by atoms with Gasteiger partial charge in [-0.05, 0) is 66.1 Å². The Morgan fingerprint density at radius 1 is 1.47 bits per heavy atom. The first-order valence-corrected chi connectivity index (χ1v) is 7.90. The molecule has 0 unspecified atom stereocenters. The highest BCUT2D eigenvalue weighted by atomic mass is 79.9. The summed E-state index contributed by atoms with van der Waals surface area (Å²) >= 11 is 3.50. The minimum Gasteiger partial charge on any atom is -0.388 e. The third kappa shape index (κ3) is 3.93. The Hall–Kier alpha value is -0.610. The molecule has 1 heterocycles. The lowest BCUT2D eigenvalue weighted by Gasteiger charge is -2.36. The van der Waals surface area contributed by atoms with Gasteiger partial charge >= 0.3 is 0 Å². The number of aliphatic hydroxyl groups is 1. The third-order valence-corrected chi connectivity index (χ3v) is 4.78. The fourth-order valence-corrected chi connectivity index (χ4v) is 3.32. The summed E-state index contributed by atoms with van der Waals surface area (Å²) in [6.45, 7) is 4.83. The number of aryl methyl sites for hydroxylation is 1. The van der Waals surface area contributed by atoms with Crippen LogP contribution in [0.25, 0.3) is 0 Å². The molecule has 0 radical (unpaired) electrons. The summed E-state index contributed by atoms with van der Waals surface area (Å²) in [5, 5.41) is 13.9. The molecule has 106 valence electrons. The van der Waals surface area contributed by atoms with E-state index in [0.29, 0.717) is 6.54 Å². The molecule has 3 nitrogen and oxygen atoms in total. The van der Waals surface area contributed by atoms with E-state index in [1.54, 1.807) is 0 Å². The molecular formula is C15H23BrN2O. The summed E-state index contributed by atoms with van der Waals surface area (Å²) < 4.78 is 0.957. The van der Waals surface area contributed by atoms with Crippen molar-refractivity contribution in [2.75, 3.05) is 11.9 Å². The van der Waals surface area contributed by atoms with E-state index in [4.69, 9.17) is 0 Å². The fraction of sp³-hybridized carbons (Fsp3) is 0.667. The van der Waals surface area contributed by atoms with E-state index in [1.165, 1.54) is 6.42 Å². The summed E-state index contributed by atoms with van der Waals surface area (Å²) in [5.74, 6) is 1.61. The Morgan fingerprint density at radius 2 is 2.16 bits per heavy atom. The Balaban J connectivity index is 1.91. The summed E-state index contributed by atoms with van der Waals surface area (Å²) in [6.07, 6.45) is 7.12. The molecule has 0 saturated heterocycles. The quantitative estimate of drug-likeness (QED) is 0.882. The van der Waals surface area contributed by atoms with Crippen LogP contribution in [0.4, 0.5) is 5.82 Å². The van der Waals surface area contributed by atoms with Gasteiger partial charge in [0.05, 0.1) is 10.1 Å². The molecule has 0 bridgehead atoms. The zero-order valence-electron chi connectivity index (χ0n) is 11.7. The van der Waals surface area contributed by atoms with Crippen molar-refractivity contribution >= 4 is 21.7 Å². The molecule has 0 spiro atoms. The average Bonchev–Trinajstić information content (AvgIpc) is 2.39. The fourth-order valence-electron chi connectivity index (χ4n) is 2.71. The number of rotatable bonds is 4. The van der Waals surface area contributed by atoms with E-state index in [2.05, 4.69) is 33.2 Å². The van der Waals surface area contributed by atoms with Gasteiger partial charge < -0.3 is 10.4 Å². The topological polar surface area (TPSA) is 45.1 Å². The van der Waals surface area contributed by atoms with Crippen LogP contribution in [-0.4, -0.2) is 22.2 Å². The Kier molecular flexibility index (Phi) is 4.85. The molecule has 1 saturated carbocycles. The molecule has 1 aromatic heterocycles. The smallest absolute Gasteiger partial charge is 0.140 e. The number of halogens is 1. The van der Waals surface area contributed by atoms with Crippen molar-refractivity contribution in [2.45, 2.75) is 51.6 Å². The molecule has 0 amide bonds. The number of hydrogen-bond donors (Lipinski definition) is 2. The van der Waals surface area contributed by atoms with Crippen molar-refractivity contribution in [1.82, 2.24) is 4.98 Å². The van der Waals surface area contributed by atoms with Gasteiger partial charge in [-0.25, -0.2) is 4.98 Å². The monoisotopic (exact) mass is 326 g/mol. The van der Waals surface area contributed by atoms with Crippen LogP contribution in [0, 0.1) is 12.8 Å². The van der Waals surface area contributed by atoms with Gasteiger partial charge in [-0.1, -0.05) is 13.3 Å². The molecule has 19 heavy (non-hydrogen) atoms. The highest BCUT2D eigenvalue weighted by Gasteiger charge is 2.32. The van der Waals surface area contributed by atoms with E-state index in [9.17, 15) is 5.11 Å². The Bertz CT molecular complexity index is 428. The second kappa shape index (κ2) is 6.23. The normalized spacial score (nSPS) is 27.3. The first-order valence-electron chi connectivity index (χ1n) is 7.11. The number of pyridine rings is 1. The largest absolute Gasteiger partial charge is 0.388 e. The molecule has 0 aliphatic heterocycles. The third-order valence-electron chi connectivity index (χ3n) is 4.18. The average molecular weight is 327 g/mol. The standard InChI is InChI=1S/C15H23BrN2O/c1-3-12-4-6-15(19,7-5-12)10-18-14-13(16)8-11(2)9-17-14/h8-9,12,19H,3-7,10H2,1-2H3,(H,17,18). The predicted octanol–water partition coefficient (Wildman–Crippen LogP) is 3.90. The van der Waals surface area contributed by atoms with Crippen LogP contribution < -0.4 is 5.32 Å². The summed E-state index contributed by atoms with van der Waals surface area (Å²) in [5.41, 5.74) is 0.553. The zero-order valence-corrected chi connectivity index (χ0v) is 13.3. The SMILES string of the molecule is CCC1CCC(O)(CNc2ncc(C)cc2Br)CC1. The molecule has 0 atom stereocenters. The maximum Gasteiger partial charge on any atom is 0.140 e. The van der Waals surface area contributed by atoms with Crippen LogP contribution >= 0.6 is 15.9 Å². The number of hydrogen-bond acceptors (Lipinski definition) is 3. The van der Waals surface area contributed by atoms with E-state index in [0.717, 1.165) is 47.5 Å². The van der Waals surface area contributed by atoms with E-state index < -0.39 is 5.60 Å². The predicted molar refractivity (Wildman–Crippen MR) is 82.4 cm³/mol.